The minimum atomic E-state index is 0.0770. The van der Waals surface area contributed by atoms with Crippen LogP contribution in [0.25, 0.3) is 0 Å². The summed E-state index contributed by atoms with van der Waals surface area (Å²) in [5.41, 5.74) is 1.06. The lowest BCUT2D eigenvalue weighted by Crippen LogP contribution is -1.95. The Kier molecular flexibility index (Phi) is 2.03. The van der Waals surface area contributed by atoms with Gasteiger partial charge in [0.15, 0.2) is 5.78 Å². The normalized spacial score (nSPS) is 14.0. The molecule has 0 aliphatic carbocycles. The zero-order valence-electron chi connectivity index (χ0n) is 6.50. The third-order valence-corrected chi connectivity index (χ3v) is 3.30. The topological polar surface area (TPSA) is 40.9 Å². The zero-order valence-corrected chi connectivity index (χ0v) is 8.08. The molecule has 0 fully saturated rings. The molecule has 0 amide bonds. The van der Waals surface area contributed by atoms with Gasteiger partial charge in [-0.15, -0.1) is 11.8 Å². The zero-order chi connectivity index (χ0) is 9.42. The van der Waals surface area contributed by atoms with E-state index in [0.29, 0.717) is 21.9 Å². The van der Waals surface area contributed by atoms with Gasteiger partial charge in [-0.25, -0.2) is 0 Å². The number of halogens is 1. The van der Waals surface area contributed by atoms with Crippen molar-refractivity contribution >= 4 is 29.1 Å². The number of hydrogen-bond donors (Lipinski definition) is 0. The highest BCUT2D eigenvalue weighted by Crippen LogP contribution is 2.36. The number of carbonyl (C=O) groups is 1. The lowest BCUT2D eigenvalue weighted by atomic mass is 10.1. The lowest BCUT2D eigenvalue weighted by molar-refractivity contribution is 0.102. The first-order chi connectivity index (χ1) is 6.24. The lowest BCUT2D eigenvalue weighted by Gasteiger charge is -2.00. The number of thioether (sulfide) groups is 1. The number of nitriles is 1. The summed E-state index contributed by atoms with van der Waals surface area (Å²) in [5.74, 6) is 0.498. The van der Waals surface area contributed by atoms with E-state index in [9.17, 15) is 4.79 Å². The van der Waals surface area contributed by atoms with Gasteiger partial charge in [0.2, 0.25) is 0 Å². The molecule has 0 radical (unpaired) electrons. The Morgan fingerprint density at radius 1 is 1.54 bits per heavy atom. The molecular weight excluding hydrogens is 206 g/mol. The van der Waals surface area contributed by atoms with E-state index >= 15 is 0 Å². The third kappa shape index (κ3) is 1.23. The van der Waals surface area contributed by atoms with Crippen molar-refractivity contribution in [2.75, 3.05) is 5.75 Å². The van der Waals surface area contributed by atoms with Crippen LogP contribution in [0, 0.1) is 11.3 Å². The second kappa shape index (κ2) is 3.06. The van der Waals surface area contributed by atoms with Crippen molar-refractivity contribution in [3.05, 3.63) is 28.3 Å². The fourth-order valence-electron chi connectivity index (χ4n) is 1.25. The second-order valence-corrected chi connectivity index (χ2v) is 4.02. The molecule has 0 unspecified atom stereocenters. The molecule has 2 nitrogen and oxygen atoms in total. The first-order valence-corrected chi connectivity index (χ1v) is 4.99. The van der Waals surface area contributed by atoms with Crippen molar-refractivity contribution in [1.29, 1.82) is 5.26 Å². The highest BCUT2D eigenvalue weighted by molar-refractivity contribution is 8.00. The Bertz CT molecular complexity index is 436. The van der Waals surface area contributed by atoms with E-state index in [1.807, 2.05) is 6.07 Å². The van der Waals surface area contributed by atoms with Crippen LogP contribution in [-0.4, -0.2) is 11.5 Å². The SMILES string of the molecule is N#Cc1c(Cl)ccc2c1SCC2=O. The number of Topliss-reactive ketones (excluding diaryl/α,β-unsaturated/α-hetero) is 1. The summed E-state index contributed by atoms with van der Waals surface area (Å²) in [4.78, 5) is 12.0. The summed E-state index contributed by atoms with van der Waals surface area (Å²) in [6.07, 6.45) is 0. The molecule has 0 saturated carbocycles. The van der Waals surface area contributed by atoms with Crippen molar-refractivity contribution in [1.82, 2.24) is 0 Å². The number of benzene rings is 1. The van der Waals surface area contributed by atoms with Crippen molar-refractivity contribution in [2.24, 2.45) is 0 Å². The van der Waals surface area contributed by atoms with Crippen molar-refractivity contribution in [3.8, 4) is 6.07 Å². The van der Waals surface area contributed by atoms with Gasteiger partial charge in [-0.1, -0.05) is 11.6 Å². The fraction of sp³-hybridized carbons (Fsp3) is 0.111. The maximum absolute atomic E-state index is 11.3. The smallest absolute Gasteiger partial charge is 0.174 e. The Morgan fingerprint density at radius 3 is 3.00 bits per heavy atom. The number of ketones is 1. The van der Waals surface area contributed by atoms with Gasteiger partial charge in [-0.2, -0.15) is 5.26 Å². The molecule has 0 aromatic heterocycles. The minimum absolute atomic E-state index is 0.0770. The van der Waals surface area contributed by atoms with E-state index < -0.39 is 0 Å². The molecule has 1 aromatic rings. The van der Waals surface area contributed by atoms with Crippen LogP contribution in [0.15, 0.2) is 17.0 Å². The number of rotatable bonds is 0. The van der Waals surface area contributed by atoms with Crippen molar-refractivity contribution in [2.45, 2.75) is 4.90 Å². The van der Waals surface area contributed by atoms with Gasteiger partial charge in [-0.3, -0.25) is 4.79 Å². The molecule has 1 heterocycles. The van der Waals surface area contributed by atoms with Crippen LogP contribution in [0.3, 0.4) is 0 Å². The van der Waals surface area contributed by atoms with Crippen LogP contribution in [0.4, 0.5) is 0 Å². The average molecular weight is 210 g/mol. The molecule has 1 aliphatic rings. The van der Waals surface area contributed by atoms with Crippen LogP contribution >= 0.6 is 23.4 Å². The maximum Gasteiger partial charge on any atom is 0.174 e. The number of hydrogen-bond acceptors (Lipinski definition) is 3. The Balaban J connectivity index is 2.73. The van der Waals surface area contributed by atoms with Crippen molar-refractivity contribution < 1.29 is 4.79 Å². The van der Waals surface area contributed by atoms with Gasteiger partial charge in [0.25, 0.3) is 0 Å². The molecule has 4 heteroatoms. The Labute approximate surface area is 84.5 Å². The monoisotopic (exact) mass is 209 g/mol. The quantitative estimate of drug-likeness (QED) is 0.659. The molecule has 1 aromatic carbocycles. The first kappa shape index (κ1) is 8.61. The van der Waals surface area contributed by atoms with E-state index in [4.69, 9.17) is 16.9 Å². The largest absolute Gasteiger partial charge is 0.293 e. The van der Waals surface area contributed by atoms with Crippen LogP contribution < -0.4 is 0 Å². The molecule has 1 aliphatic heterocycles. The Hall–Kier alpha value is -0.980. The Morgan fingerprint density at radius 2 is 2.31 bits per heavy atom. The summed E-state index contributed by atoms with van der Waals surface area (Å²) in [6, 6.07) is 5.29. The van der Waals surface area contributed by atoms with Crippen LogP contribution in [-0.2, 0) is 0 Å². The van der Waals surface area contributed by atoms with Crippen molar-refractivity contribution in [3.63, 3.8) is 0 Å². The molecular formula is C9H4ClNOS. The van der Waals surface area contributed by atoms with E-state index in [2.05, 4.69) is 0 Å². The second-order valence-electron chi connectivity index (χ2n) is 2.62. The minimum Gasteiger partial charge on any atom is -0.293 e. The summed E-state index contributed by atoms with van der Waals surface area (Å²) in [5, 5.41) is 9.23. The molecule has 64 valence electrons. The fourth-order valence-corrected chi connectivity index (χ4v) is 2.57. The highest BCUT2D eigenvalue weighted by Gasteiger charge is 2.24. The summed E-state index contributed by atoms with van der Waals surface area (Å²) < 4.78 is 0. The molecule has 0 saturated heterocycles. The van der Waals surface area contributed by atoms with Gasteiger partial charge in [0.05, 0.1) is 16.3 Å². The average Bonchev–Trinajstić information content (AvgIpc) is 2.48. The standard InChI is InChI=1S/C9H4ClNOS/c10-7-2-1-5-8(12)4-13-9(5)6(7)3-11/h1-2H,4H2. The van der Waals surface area contributed by atoms with Gasteiger partial charge in [0, 0.05) is 10.5 Å². The predicted molar refractivity (Wildman–Crippen MR) is 51.2 cm³/mol. The molecule has 0 N–H and O–H groups in total. The molecule has 0 atom stereocenters. The van der Waals surface area contributed by atoms with Gasteiger partial charge >= 0.3 is 0 Å². The predicted octanol–water partition coefficient (Wildman–Crippen LogP) is 2.50. The number of carbonyl (C=O) groups excluding carboxylic acids is 1. The van der Waals surface area contributed by atoms with E-state index in [1.165, 1.54) is 11.8 Å². The number of fused-ring (bicyclic) bond motifs is 1. The van der Waals surface area contributed by atoms with Gasteiger partial charge < -0.3 is 0 Å². The maximum atomic E-state index is 11.3. The number of nitrogens with zero attached hydrogens (tertiary/aromatic N) is 1. The third-order valence-electron chi connectivity index (χ3n) is 1.87. The van der Waals surface area contributed by atoms with Gasteiger partial charge in [-0.05, 0) is 12.1 Å². The van der Waals surface area contributed by atoms with Crippen LogP contribution in [0.2, 0.25) is 5.02 Å². The molecule has 0 spiro atoms. The molecule has 2 rings (SSSR count). The highest BCUT2D eigenvalue weighted by atomic mass is 35.5. The van der Waals surface area contributed by atoms with Gasteiger partial charge in [0.1, 0.15) is 6.07 Å². The first-order valence-electron chi connectivity index (χ1n) is 3.62. The van der Waals surface area contributed by atoms with Crippen LogP contribution in [0.1, 0.15) is 15.9 Å². The van der Waals surface area contributed by atoms with E-state index in [0.717, 1.165) is 4.90 Å². The summed E-state index contributed by atoms with van der Waals surface area (Å²) in [7, 11) is 0. The van der Waals surface area contributed by atoms with Crippen LogP contribution in [0.5, 0.6) is 0 Å². The summed E-state index contributed by atoms with van der Waals surface area (Å²) in [6.45, 7) is 0. The summed E-state index contributed by atoms with van der Waals surface area (Å²) >= 11 is 7.19. The molecule has 0 bridgehead atoms. The molecule has 13 heavy (non-hydrogen) atoms. The van der Waals surface area contributed by atoms with E-state index in [-0.39, 0.29) is 5.78 Å². The van der Waals surface area contributed by atoms with E-state index in [1.54, 1.807) is 12.1 Å².